The Bertz CT molecular complexity index is 501. The highest BCUT2D eigenvalue weighted by Gasteiger charge is 2.57. The van der Waals surface area contributed by atoms with Crippen LogP contribution in [0.2, 0.25) is 0 Å². The molecule has 0 aromatic heterocycles. The summed E-state index contributed by atoms with van der Waals surface area (Å²) in [5, 5.41) is 0. The quantitative estimate of drug-likeness (QED) is 0.446. The fourth-order valence-electron chi connectivity index (χ4n) is 3.83. The van der Waals surface area contributed by atoms with Crippen LogP contribution >= 0.6 is 0 Å². The Morgan fingerprint density at radius 1 is 1.24 bits per heavy atom. The zero-order chi connectivity index (χ0) is 15.8. The lowest BCUT2D eigenvalue weighted by molar-refractivity contribution is -0.174. The first-order chi connectivity index (χ1) is 9.80. The van der Waals surface area contributed by atoms with Crippen molar-refractivity contribution in [3.05, 3.63) is 23.8 Å². The number of rotatable bonds is 2. The Labute approximate surface area is 126 Å². The van der Waals surface area contributed by atoms with E-state index in [1.165, 1.54) is 25.4 Å². The highest BCUT2D eigenvalue weighted by Crippen LogP contribution is 2.56. The van der Waals surface area contributed by atoms with Gasteiger partial charge in [-0.3, -0.25) is 9.59 Å². The van der Waals surface area contributed by atoms with Crippen LogP contribution in [0, 0.1) is 16.7 Å². The summed E-state index contributed by atoms with van der Waals surface area (Å²) in [6, 6.07) is 0. The van der Waals surface area contributed by atoms with Crippen molar-refractivity contribution in [1.29, 1.82) is 0 Å². The van der Waals surface area contributed by atoms with E-state index in [9.17, 15) is 9.59 Å². The topological polar surface area (TPSA) is 52.6 Å². The van der Waals surface area contributed by atoms with Gasteiger partial charge in [0.1, 0.15) is 0 Å². The summed E-state index contributed by atoms with van der Waals surface area (Å²) in [4.78, 5) is 24.5. The smallest absolute Gasteiger partial charge is 0.323 e. The second kappa shape index (κ2) is 5.32. The Balaban J connectivity index is 2.42. The van der Waals surface area contributed by atoms with E-state index in [1.807, 2.05) is 0 Å². The van der Waals surface area contributed by atoms with Crippen molar-refractivity contribution in [1.82, 2.24) is 0 Å². The van der Waals surface area contributed by atoms with Crippen LogP contribution in [0.25, 0.3) is 0 Å². The molecule has 2 aliphatic rings. The fourth-order valence-corrected chi connectivity index (χ4v) is 3.83. The summed E-state index contributed by atoms with van der Waals surface area (Å²) in [5.74, 6) is -0.858. The lowest BCUT2D eigenvalue weighted by Gasteiger charge is -2.50. The van der Waals surface area contributed by atoms with E-state index in [0.717, 1.165) is 12.8 Å². The van der Waals surface area contributed by atoms with Crippen LogP contribution in [0.1, 0.15) is 39.5 Å². The van der Waals surface area contributed by atoms with Crippen molar-refractivity contribution in [3.8, 4) is 0 Å². The number of allylic oxidation sites excluding steroid dienone is 3. The van der Waals surface area contributed by atoms with Crippen LogP contribution in [0.4, 0.5) is 0 Å². The summed E-state index contributed by atoms with van der Waals surface area (Å²) < 4.78 is 9.80. The number of methoxy groups -OCH3 is 2. The molecule has 21 heavy (non-hydrogen) atoms. The van der Waals surface area contributed by atoms with Gasteiger partial charge in [-0.15, -0.1) is 0 Å². The second-order valence-electron chi connectivity index (χ2n) is 6.59. The zero-order valence-corrected chi connectivity index (χ0v) is 13.3. The fraction of sp³-hybridized carbons (Fsp3) is 0.647. The molecule has 0 spiro atoms. The maximum Gasteiger partial charge on any atom is 0.323 e. The SMILES string of the molecule is C=C1CC(C)=C[C@H]2CC(C(=O)OC)(C(=O)OC)CC[C@]12C. The largest absolute Gasteiger partial charge is 0.468 e. The maximum atomic E-state index is 12.3. The standard InChI is InChI=1S/C17H24O4/c1-11-8-12(2)16(3)6-7-17(14(18)20-4,15(19)21-5)10-13(16)9-11/h9,13H,2,6-8,10H2,1,3-5H3/t13-,16+/m0/s1. The third-order valence-corrected chi connectivity index (χ3v) is 5.40. The number of fused-ring (bicyclic) bond motifs is 1. The van der Waals surface area contributed by atoms with E-state index in [1.54, 1.807) is 0 Å². The molecule has 2 aliphatic carbocycles. The molecule has 0 N–H and O–H groups in total. The number of hydrogen-bond donors (Lipinski definition) is 0. The zero-order valence-electron chi connectivity index (χ0n) is 13.3. The van der Waals surface area contributed by atoms with Crippen LogP contribution in [0.15, 0.2) is 23.8 Å². The molecule has 2 atom stereocenters. The van der Waals surface area contributed by atoms with Gasteiger partial charge in [0, 0.05) is 0 Å². The molecule has 0 aromatic carbocycles. The lowest BCUT2D eigenvalue weighted by atomic mass is 9.53. The van der Waals surface area contributed by atoms with Crippen molar-refractivity contribution in [2.75, 3.05) is 14.2 Å². The van der Waals surface area contributed by atoms with Gasteiger partial charge in [-0.2, -0.15) is 0 Å². The highest BCUT2D eigenvalue weighted by atomic mass is 16.5. The van der Waals surface area contributed by atoms with Gasteiger partial charge in [0.05, 0.1) is 14.2 Å². The first-order valence-electron chi connectivity index (χ1n) is 7.32. The summed E-state index contributed by atoms with van der Waals surface area (Å²) in [6.07, 6.45) is 4.71. The molecule has 0 heterocycles. The van der Waals surface area contributed by atoms with E-state index in [0.29, 0.717) is 12.8 Å². The van der Waals surface area contributed by atoms with Gasteiger partial charge >= 0.3 is 11.9 Å². The number of esters is 2. The predicted molar refractivity (Wildman–Crippen MR) is 79.4 cm³/mol. The normalized spacial score (nSPS) is 31.0. The van der Waals surface area contributed by atoms with E-state index in [2.05, 4.69) is 26.5 Å². The molecule has 2 rings (SSSR count). The first-order valence-corrected chi connectivity index (χ1v) is 7.32. The predicted octanol–water partition coefficient (Wildman–Crippen LogP) is 3.03. The van der Waals surface area contributed by atoms with E-state index < -0.39 is 17.4 Å². The van der Waals surface area contributed by atoms with Gasteiger partial charge in [0.2, 0.25) is 0 Å². The summed E-state index contributed by atoms with van der Waals surface area (Å²) >= 11 is 0. The number of hydrogen-bond acceptors (Lipinski definition) is 4. The minimum atomic E-state index is -1.18. The Morgan fingerprint density at radius 2 is 1.81 bits per heavy atom. The minimum Gasteiger partial charge on any atom is -0.468 e. The molecule has 1 saturated carbocycles. The molecule has 0 saturated heterocycles. The summed E-state index contributed by atoms with van der Waals surface area (Å²) in [7, 11) is 2.64. The first kappa shape index (κ1) is 15.8. The van der Waals surface area contributed by atoms with Crippen molar-refractivity contribution in [2.24, 2.45) is 16.7 Å². The Morgan fingerprint density at radius 3 is 2.33 bits per heavy atom. The summed E-state index contributed by atoms with van der Waals surface area (Å²) in [5.41, 5.74) is 1.21. The molecule has 1 fully saturated rings. The maximum absolute atomic E-state index is 12.3. The molecule has 0 unspecified atom stereocenters. The molecule has 4 heteroatoms. The number of ether oxygens (including phenoxy) is 2. The van der Waals surface area contributed by atoms with E-state index in [4.69, 9.17) is 9.47 Å². The van der Waals surface area contributed by atoms with Crippen LogP contribution in [-0.2, 0) is 19.1 Å². The van der Waals surface area contributed by atoms with Crippen molar-refractivity contribution in [2.45, 2.75) is 39.5 Å². The van der Waals surface area contributed by atoms with Crippen molar-refractivity contribution in [3.63, 3.8) is 0 Å². The molecule has 0 amide bonds. The van der Waals surface area contributed by atoms with Gasteiger partial charge in [-0.05, 0) is 43.9 Å². The van der Waals surface area contributed by atoms with Gasteiger partial charge < -0.3 is 9.47 Å². The van der Waals surface area contributed by atoms with Crippen molar-refractivity contribution >= 4 is 11.9 Å². The van der Waals surface area contributed by atoms with Gasteiger partial charge in [-0.25, -0.2) is 0 Å². The average Bonchev–Trinajstić information content (AvgIpc) is 2.46. The summed E-state index contributed by atoms with van der Waals surface area (Å²) in [6.45, 7) is 8.47. The second-order valence-corrected chi connectivity index (χ2v) is 6.59. The molecule has 0 bridgehead atoms. The van der Waals surface area contributed by atoms with Crippen LogP contribution < -0.4 is 0 Å². The van der Waals surface area contributed by atoms with Crippen LogP contribution in [0.3, 0.4) is 0 Å². The number of carbonyl (C=O) groups excluding carboxylic acids is 2. The molecular weight excluding hydrogens is 268 g/mol. The molecular formula is C17H24O4. The van der Waals surface area contributed by atoms with Crippen molar-refractivity contribution < 1.29 is 19.1 Å². The van der Waals surface area contributed by atoms with Gasteiger partial charge in [-0.1, -0.05) is 30.7 Å². The third kappa shape index (κ3) is 2.30. The minimum absolute atomic E-state index is 0.0505. The Kier molecular flexibility index (Phi) is 4.00. The molecule has 4 nitrogen and oxygen atoms in total. The van der Waals surface area contributed by atoms with Crippen LogP contribution in [-0.4, -0.2) is 26.2 Å². The molecule has 0 radical (unpaired) electrons. The van der Waals surface area contributed by atoms with E-state index in [-0.39, 0.29) is 11.3 Å². The van der Waals surface area contributed by atoms with Gasteiger partial charge in [0.25, 0.3) is 0 Å². The van der Waals surface area contributed by atoms with Crippen LogP contribution in [0.5, 0.6) is 0 Å². The number of carbonyl (C=O) groups is 2. The average molecular weight is 292 g/mol. The van der Waals surface area contributed by atoms with E-state index >= 15 is 0 Å². The Hall–Kier alpha value is -1.58. The monoisotopic (exact) mass is 292 g/mol. The lowest BCUT2D eigenvalue weighted by Crippen LogP contribution is -2.50. The molecule has 0 aliphatic heterocycles. The van der Waals surface area contributed by atoms with Gasteiger partial charge in [0.15, 0.2) is 5.41 Å². The third-order valence-electron chi connectivity index (χ3n) is 5.40. The molecule has 116 valence electrons. The molecule has 0 aromatic rings. The highest BCUT2D eigenvalue weighted by molar-refractivity contribution is 6.00.